The monoisotopic (exact) mass is 517 g/mol. The number of rotatable bonds is 7. The van der Waals surface area contributed by atoms with Gasteiger partial charge in [0.05, 0.1) is 16.8 Å². The molecule has 202 valence electrons. The van der Waals surface area contributed by atoms with Crippen LogP contribution in [0.5, 0.6) is 0 Å². The van der Waals surface area contributed by atoms with Gasteiger partial charge in [-0.3, -0.25) is 4.79 Å². The molecule has 1 fully saturated rings. The molecule has 0 radical (unpaired) electrons. The average Bonchev–Trinajstić information content (AvgIpc) is 2.89. The number of nitrogens with zero attached hydrogens (tertiary/aromatic N) is 3. The average molecular weight is 518 g/mol. The molecule has 8 nitrogen and oxygen atoms in total. The molecule has 2 heterocycles. The first-order valence-electron chi connectivity index (χ1n) is 13.4. The Kier molecular flexibility index (Phi) is 8.49. The van der Waals surface area contributed by atoms with Crippen molar-refractivity contribution >= 4 is 28.7 Å². The van der Waals surface area contributed by atoms with Gasteiger partial charge in [-0.05, 0) is 82.6 Å². The van der Waals surface area contributed by atoms with Gasteiger partial charge in [0, 0.05) is 44.3 Å². The second-order valence-corrected chi connectivity index (χ2v) is 11.4. The highest BCUT2D eigenvalue weighted by Crippen LogP contribution is 2.29. The molecule has 0 atom stereocenters. The van der Waals surface area contributed by atoms with Crippen molar-refractivity contribution in [1.29, 1.82) is 0 Å². The molecule has 1 aliphatic carbocycles. The molecule has 4 rings (SSSR count). The largest absolute Gasteiger partial charge is 0.444 e. The van der Waals surface area contributed by atoms with Crippen LogP contribution in [0.2, 0.25) is 0 Å². The number of hydrogen-bond donors (Lipinski definition) is 2. The molecule has 0 bridgehead atoms. The number of amides is 2. The molecule has 2 amide bonds. The molecule has 3 aromatic rings. The van der Waals surface area contributed by atoms with E-state index in [9.17, 15) is 9.59 Å². The van der Waals surface area contributed by atoms with E-state index in [1.54, 1.807) is 6.20 Å². The quantitative estimate of drug-likeness (QED) is 0.434. The first kappa shape index (κ1) is 27.4. The molecule has 2 N–H and O–H groups in total. The number of pyridine rings is 2. The highest BCUT2D eigenvalue weighted by Gasteiger charge is 2.24. The number of nitrogens with one attached hydrogen (secondary N) is 2. The Morgan fingerprint density at radius 2 is 1.63 bits per heavy atom. The molecule has 38 heavy (non-hydrogen) atoms. The zero-order valence-corrected chi connectivity index (χ0v) is 23.1. The zero-order valence-electron chi connectivity index (χ0n) is 23.1. The van der Waals surface area contributed by atoms with E-state index in [0.717, 1.165) is 53.7 Å². The molecule has 0 unspecified atom stereocenters. The molecule has 0 aliphatic heterocycles. The summed E-state index contributed by atoms with van der Waals surface area (Å²) in [5.41, 5.74) is 2.51. The number of aromatic nitrogens is 2. The Bertz CT molecular complexity index is 1260. The Morgan fingerprint density at radius 3 is 2.24 bits per heavy atom. The van der Waals surface area contributed by atoms with Crippen LogP contribution in [0.3, 0.4) is 0 Å². The van der Waals surface area contributed by atoms with Crippen molar-refractivity contribution in [3.8, 4) is 11.3 Å². The van der Waals surface area contributed by atoms with Crippen LogP contribution in [0.15, 0.2) is 48.7 Å². The number of carbonyl (C=O) groups is 2. The third-order valence-electron chi connectivity index (χ3n) is 6.91. The lowest BCUT2D eigenvalue weighted by Gasteiger charge is -2.29. The van der Waals surface area contributed by atoms with Crippen LogP contribution in [-0.4, -0.2) is 54.8 Å². The smallest absolute Gasteiger partial charge is 0.407 e. The van der Waals surface area contributed by atoms with E-state index < -0.39 is 5.60 Å². The number of hydrogen-bond acceptors (Lipinski definition) is 6. The van der Waals surface area contributed by atoms with Crippen LogP contribution in [0.25, 0.3) is 22.2 Å². The summed E-state index contributed by atoms with van der Waals surface area (Å²) in [6.07, 6.45) is 5.52. The van der Waals surface area contributed by atoms with Crippen LogP contribution < -0.4 is 15.5 Å². The SMILES string of the molecule is CN(C)c1ccc(-c2cc(C(=O)NC[C@H]3CC[C@H](CNC(=O)OC(C)(C)C)CC3)c3ccccc3n2)cn1. The number of para-hydroxylation sites is 1. The van der Waals surface area contributed by atoms with Gasteiger partial charge in [-0.2, -0.15) is 0 Å². The minimum Gasteiger partial charge on any atom is -0.444 e. The summed E-state index contributed by atoms with van der Waals surface area (Å²) in [5.74, 6) is 1.64. The molecule has 1 aromatic carbocycles. The first-order chi connectivity index (χ1) is 18.1. The molecule has 2 aromatic heterocycles. The van der Waals surface area contributed by atoms with Gasteiger partial charge in [-0.15, -0.1) is 0 Å². The van der Waals surface area contributed by atoms with Crippen molar-refractivity contribution in [3.63, 3.8) is 0 Å². The van der Waals surface area contributed by atoms with Gasteiger partial charge in [-0.25, -0.2) is 14.8 Å². The van der Waals surface area contributed by atoms with Crippen LogP contribution >= 0.6 is 0 Å². The van der Waals surface area contributed by atoms with E-state index in [1.165, 1.54) is 0 Å². The summed E-state index contributed by atoms with van der Waals surface area (Å²) in [4.78, 5) is 36.5. The maximum atomic E-state index is 13.4. The highest BCUT2D eigenvalue weighted by molar-refractivity contribution is 6.07. The van der Waals surface area contributed by atoms with Crippen molar-refractivity contribution in [2.75, 3.05) is 32.1 Å². The van der Waals surface area contributed by atoms with E-state index in [4.69, 9.17) is 9.72 Å². The van der Waals surface area contributed by atoms with Crippen LogP contribution in [-0.2, 0) is 4.74 Å². The third-order valence-corrected chi connectivity index (χ3v) is 6.91. The maximum absolute atomic E-state index is 13.4. The maximum Gasteiger partial charge on any atom is 0.407 e. The summed E-state index contributed by atoms with van der Waals surface area (Å²) in [7, 11) is 3.90. The number of fused-ring (bicyclic) bond motifs is 1. The minimum atomic E-state index is -0.492. The van der Waals surface area contributed by atoms with E-state index in [0.29, 0.717) is 30.5 Å². The summed E-state index contributed by atoms with van der Waals surface area (Å²) in [5, 5.41) is 6.91. The summed E-state index contributed by atoms with van der Waals surface area (Å²) < 4.78 is 5.33. The highest BCUT2D eigenvalue weighted by atomic mass is 16.6. The lowest BCUT2D eigenvalue weighted by molar-refractivity contribution is 0.0512. The Labute approximate surface area is 225 Å². The van der Waals surface area contributed by atoms with Gasteiger partial charge < -0.3 is 20.3 Å². The fourth-order valence-electron chi connectivity index (χ4n) is 4.83. The van der Waals surface area contributed by atoms with E-state index >= 15 is 0 Å². The lowest BCUT2D eigenvalue weighted by atomic mass is 9.82. The Morgan fingerprint density at radius 1 is 0.974 bits per heavy atom. The molecule has 0 saturated heterocycles. The molecule has 8 heteroatoms. The van der Waals surface area contributed by atoms with Crippen LogP contribution in [0.1, 0.15) is 56.8 Å². The number of benzene rings is 1. The number of alkyl carbamates (subject to hydrolysis) is 1. The fourth-order valence-corrected chi connectivity index (χ4v) is 4.83. The minimum absolute atomic E-state index is 0.0866. The topological polar surface area (TPSA) is 96.5 Å². The van der Waals surface area contributed by atoms with E-state index in [2.05, 4.69) is 15.6 Å². The predicted molar refractivity (Wildman–Crippen MR) is 151 cm³/mol. The molecule has 1 saturated carbocycles. The fraction of sp³-hybridized carbons (Fsp3) is 0.467. The predicted octanol–water partition coefficient (Wildman–Crippen LogP) is 5.42. The number of ether oxygens (including phenoxy) is 1. The van der Waals surface area contributed by atoms with Crippen molar-refractivity contribution in [2.45, 2.75) is 52.1 Å². The van der Waals surface area contributed by atoms with Gasteiger partial charge in [0.1, 0.15) is 11.4 Å². The van der Waals surface area contributed by atoms with Crippen molar-refractivity contribution in [3.05, 3.63) is 54.2 Å². The summed E-state index contributed by atoms with van der Waals surface area (Å²) in [6, 6.07) is 13.5. The normalized spacial score (nSPS) is 17.6. The van der Waals surface area contributed by atoms with Gasteiger partial charge >= 0.3 is 6.09 Å². The van der Waals surface area contributed by atoms with Crippen molar-refractivity contribution in [1.82, 2.24) is 20.6 Å². The second kappa shape index (κ2) is 11.8. The third kappa shape index (κ3) is 7.21. The summed E-state index contributed by atoms with van der Waals surface area (Å²) >= 11 is 0. The van der Waals surface area contributed by atoms with Crippen LogP contribution in [0.4, 0.5) is 10.6 Å². The molecule has 1 aliphatic rings. The second-order valence-electron chi connectivity index (χ2n) is 11.4. The Balaban J connectivity index is 1.36. The zero-order chi connectivity index (χ0) is 27.3. The van der Waals surface area contributed by atoms with Gasteiger partial charge in [-0.1, -0.05) is 18.2 Å². The number of carbonyl (C=O) groups excluding carboxylic acids is 2. The molecule has 0 spiro atoms. The summed E-state index contributed by atoms with van der Waals surface area (Å²) in [6.45, 7) is 6.85. The number of anilines is 1. The Hall–Kier alpha value is -3.68. The first-order valence-corrected chi connectivity index (χ1v) is 13.4. The standard InChI is InChI=1S/C30H39N5O3/c1-30(2,3)38-29(37)33-18-21-12-10-20(11-13-21)17-32-28(36)24-16-26(34-25-9-7-6-8-23(24)25)22-14-15-27(31-19-22)35(4)5/h6-9,14-16,19-21H,10-13,17-18H2,1-5H3,(H,32,36)(H,33,37)/t20-,21-. The van der Waals surface area contributed by atoms with Gasteiger partial charge in [0.2, 0.25) is 0 Å². The van der Waals surface area contributed by atoms with E-state index in [-0.39, 0.29) is 12.0 Å². The molecular formula is C30H39N5O3. The van der Waals surface area contributed by atoms with Gasteiger partial charge in [0.25, 0.3) is 5.91 Å². The molecular weight excluding hydrogens is 478 g/mol. The van der Waals surface area contributed by atoms with E-state index in [1.807, 2.05) is 82.2 Å². The van der Waals surface area contributed by atoms with Crippen molar-refractivity contribution in [2.24, 2.45) is 11.8 Å². The van der Waals surface area contributed by atoms with Crippen LogP contribution in [0, 0.1) is 11.8 Å². The van der Waals surface area contributed by atoms with Gasteiger partial charge in [0.15, 0.2) is 0 Å². The van der Waals surface area contributed by atoms with Crippen molar-refractivity contribution < 1.29 is 14.3 Å². The lowest BCUT2D eigenvalue weighted by Crippen LogP contribution is -2.37.